The highest BCUT2D eigenvalue weighted by molar-refractivity contribution is 6.04. The predicted octanol–water partition coefficient (Wildman–Crippen LogP) is 8.09. The van der Waals surface area contributed by atoms with Gasteiger partial charge in [-0.15, -0.1) is 0 Å². The molecule has 0 saturated heterocycles. The average molecular weight is 469 g/mol. The molecule has 0 unspecified atom stereocenters. The summed E-state index contributed by atoms with van der Waals surface area (Å²) in [6.07, 6.45) is 7.65. The standard InChI is InChI=1S/C30H48N2O2/c1-13-14-26(25-17-18-25)28(24(8)31-12)27(21(4)5)22(6)15-16-23(7)32(19-20(2)3)29(33)34-30(9,10)11/h13-14,20,23,25H,1,4,6,15-19H2,2-3,5,7-12H3/b26-14-,28-27-,31-24?/t23-/m1/s1. The minimum absolute atomic E-state index is 0.0244. The quantitative estimate of drug-likeness (QED) is 0.214. The summed E-state index contributed by atoms with van der Waals surface area (Å²) in [5.41, 5.74) is 5.99. The number of hydrogen-bond donors (Lipinski definition) is 0. The van der Waals surface area contributed by atoms with E-state index in [1.807, 2.05) is 45.7 Å². The van der Waals surface area contributed by atoms with Crippen LogP contribution in [0.4, 0.5) is 4.79 Å². The molecular formula is C30H48N2O2. The number of aliphatic imine (C=N–C) groups is 1. The lowest BCUT2D eigenvalue weighted by Crippen LogP contribution is -2.44. The molecule has 4 nitrogen and oxygen atoms in total. The van der Waals surface area contributed by atoms with Crippen LogP contribution in [0.3, 0.4) is 0 Å². The molecule has 0 spiro atoms. The monoisotopic (exact) mass is 468 g/mol. The highest BCUT2D eigenvalue weighted by Crippen LogP contribution is 2.43. The van der Waals surface area contributed by atoms with Gasteiger partial charge in [0.15, 0.2) is 0 Å². The van der Waals surface area contributed by atoms with Crippen LogP contribution in [0.25, 0.3) is 0 Å². The summed E-state index contributed by atoms with van der Waals surface area (Å²) in [5.74, 6) is 0.892. The molecule has 1 amide bonds. The van der Waals surface area contributed by atoms with Crippen molar-refractivity contribution >= 4 is 11.8 Å². The normalized spacial score (nSPS) is 16.6. The molecule has 0 bridgehead atoms. The van der Waals surface area contributed by atoms with E-state index in [2.05, 4.69) is 58.5 Å². The van der Waals surface area contributed by atoms with E-state index < -0.39 is 5.60 Å². The summed E-state index contributed by atoms with van der Waals surface area (Å²) in [7, 11) is 1.83. The van der Waals surface area contributed by atoms with Crippen molar-refractivity contribution in [3.8, 4) is 0 Å². The highest BCUT2D eigenvalue weighted by atomic mass is 16.6. The maximum Gasteiger partial charge on any atom is 0.410 e. The first-order valence-electron chi connectivity index (χ1n) is 12.6. The van der Waals surface area contributed by atoms with Gasteiger partial charge < -0.3 is 9.64 Å². The van der Waals surface area contributed by atoms with Crippen molar-refractivity contribution in [3.05, 3.63) is 59.8 Å². The fourth-order valence-corrected chi connectivity index (χ4v) is 4.10. The Bertz CT molecular complexity index is 861. The molecule has 1 fully saturated rings. The molecule has 0 N–H and O–H groups in total. The van der Waals surface area contributed by atoms with Crippen LogP contribution >= 0.6 is 0 Å². The molecule has 190 valence electrons. The number of amides is 1. The number of hydrogen-bond acceptors (Lipinski definition) is 3. The fourth-order valence-electron chi connectivity index (χ4n) is 4.10. The van der Waals surface area contributed by atoms with Gasteiger partial charge in [0.2, 0.25) is 0 Å². The molecule has 4 heteroatoms. The second-order valence-corrected chi connectivity index (χ2v) is 11.0. The summed E-state index contributed by atoms with van der Waals surface area (Å²) in [6, 6.07) is 0.0244. The van der Waals surface area contributed by atoms with Crippen molar-refractivity contribution in [2.24, 2.45) is 16.8 Å². The van der Waals surface area contributed by atoms with Crippen LogP contribution in [-0.4, -0.2) is 41.9 Å². The number of nitrogens with zero attached hydrogens (tertiary/aromatic N) is 2. The smallest absolute Gasteiger partial charge is 0.410 e. The molecule has 0 radical (unpaired) electrons. The summed E-state index contributed by atoms with van der Waals surface area (Å²) < 4.78 is 5.70. The van der Waals surface area contributed by atoms with Gasteiger partial charge >= 0.3 is 6.09 Å². The topological polar surface area (TPSA) is 41.9 Å². The fraction of sp³-hybridized carbons (Fsp3) is 0.600. The third-order valence-electron chi connectivity index (χ3n) is 5.92. The molecule has 0 aromatic carbocycles. The van der Waals surface area contributed by atoms with Crippen molar-refractivity contribution in [3.63, 3.8) is 0 Å². The lowest BCUT2D eigenvalue weighted by atomic mass is 9.84. The molecule has 1 atom stereocenters. The van der Waals surface area contributed by atoms with E-state index in [-0.39, 0.29) is 12.1 Å². The van der Waals surface area contributed by atoms with Gasteiger partial charge in [-0.05, 0) is 95.8 Å². The first-order chi connectivity index (χ1) is 15.7. The summed E-state index contributed by atoms with van der Waals surface area (Å²) in [6.45, 7) is 29.5. The molecule has 0 heterocycles. The maximum atomic E-state index is 12.9. The number of rotatable bonds is 12. The molecule has 0 aliphatic heterocycles. The van der Waals surface area contributed by atoms with E-state index in [1.54, 1.807) is 0 Å². The third-order valence-corrected chi connectivity index (χ3v) is 5.92. The van der Waals surface area contributed by atoms with Crippen molar-refractivity contribution < 1.29 is 9.53 Å². The molecule has 0 aromatic heterocycles. The van der Waals surface area contributed by atoms with E-state index in [9.17, 15) is 4.79 Å². The van der Waals surface area contributed by atoms with Gasteiger partial charge in [0.05, 0.1) is 0 Å². The summed E-state index contributed by atoms with van der Waals surface area (Å²) in [5, 5.41) is 0. The van der Waals surface area contributed by atoms with Crippen LogP contribution in [0.1, 0.15) is 81.1 Å². The van der Waals surface area contributed by atoms with E-state index in [0.717, 1.165) is 40.8 Å². The van der Waals surface area contributed by atoms with E-state index in [1.165, 1.54) is 18.4 Å². The van der Waals surface area contributed by atoms with Gasteiger partial charge in [-0.2, -0.15) is 0 Å². The largest absolute Gasteiger partial charge is 0.444 e. The first-order valence-corrected chi connectivity index (χ1v) is 12.6. The van der Waals surface area contributed by atoms with Gasteiger partial charge in [0, 0.05) is 30.9 Å². The molecule has 1 aliphatic rings. The zero-order valence-electron chi connectivity index (χ0n) is 23.3. The second-order valence-electron chi connectivity index (χ2n) is 11.0. The minimum atomic E-state index is -0.520. The third kappa shape index (κ3) is 9.12. The van der Waals surface area contributed by atoms with Gasteiger partial charge in [-0.3, -0.25) is 4.99 Å². The van der Waals surface area contributed by atoms with E-state index >= 15 is 0 Å². The zero-order chi connectivity index (χ0) is 26.2. The zero-order valence-corrected chi connectivity index (χ0v) is 23.3. The predicted molar refractivity (Wildman–Crippen MR) is 147 cm³/mol. The molecule has 1 saturated carbocycles. The molecule has 1 rings (SSSR count). The Labute approximate surface area is 209 Å². The van der Waals surface area contributed by atoms with Crippen molar-refractivity contribution in [1.82, 2.24) is 4.90 Å². The van der Waals surface area contributed by atoms with Crippen LogP contribution in [0.15, 0.2) is 64.7 Å². The molecule has 0 aromatic rings. The van der Waals surface area contributed by atoms with Gasteiger partial charge in [-0.1, -0.05) is 51.3 Å². The average Bonchev–Trinajstić information content (AvgIpc) is 3.55. The van der Waals surface area contributed by atoms with Crippen molar-refractivity contribution in [2.45, 2.75) is 92.7 Å². The lowest BCUT2D eigenvalue weighted by molar-refractivity contribution is 0.0143. The van der Waals surface area contributed by atoms with Gasteiger partial charge in [0.1, 0.15) is 5.60 Å². The van der Waals surface area contributed by atoms with E-state index in [0.29, 0.717) is 18.4 Å². The number of carbonyl (C=O) groups excluding carboxylic acids is 1. The molecule has 34 heavy (non-hydrogen) atoms. The lowest BCUT2D eigenvalue weighted by Gasteiger charge is -2.33. The van der Waals surface area contributed by atoms with Crippen LogP contribution in [0, 0.1) is 11.8 Å². The maximum absolute atomic E-state index is 12.9. The Hall–Kier alpha value is -2.36. The van der Waals surface area contributed by atoms with Gasteiger partial charge in [0.25, 0.3) is 0 Å². The van der Waals surface area contributed by atoms with E-state index in [4.69, 9.17) is 4.74 Å². The Morgan fingerprint density at radius 2 is 1.74 bits per heavy atom. The second kappa shape index (κ2) is 12.9. The minimum Gasteiger partial charge on any atom is -0.444 e. The van der Waals surface area contributed by atoms with Crippen molar-refractivity contribution in [2.75, 3.05) is 13.6 Å². The molecule has 1 aliphatic carbocycles. The van der Waals surface area contributed by atoms with Gasteiger partial charge in [-0.25, -0.2) is 4.79 Å². The SMILES string of the molecule is C=C/C=C(\C(C(C)=NC)=C(\C(=C)C)C(=C)CC[C@@H](C)N(CC(C)C)C(=O)OC(C)(C)C)C1CC1. The number of allylic oxidation sites excluding steroid dienone is 7. The molecular weight excluding hydrogens is 420 g/mol. The first kappa shape index (κ1) is 29.7. The summed E-state index contributed by atoms with van der Waals surface area (Å²) >= 11 is 0. The van der Waals surface area contributed by atoms with Crippen LogP contribution < -0.4 is 0 Å². The Morgan fingerprint density at radius 1 is 1.15 bits per heavy atom. The Kier molecular flexibility index (Phi) is 11.3. The van der Waals surface area contributed by atoms with Crippen LogP contribution in [0.2, 0.25) is 0 Å². The highest BCUT2D eigenvalue weighted by Gasteiger charge is 2.31. The number of carbonyl (C=O) groups is 1. The Morgan fingerprint density at radius 3 is 2.15 bits per heavy atom. The van der Waals surface area contributed by atoms with Crippen molar-refractivity contribution in [1.29, 1.82) is 0 Å². The van der Waals surface area contributed by atoms with Crippen LogP contribution in [-0.2, 0) is 4.74 Å². The Balaban J connectivity index is 3.24. The number of ether oxygens (including phenoxy) is 1. The van der Waals surface area contributed by atoms with Crippen LogP contribution in [0.5, 0.6) is 0 Å². The summed E-state index contributed by atoms with van der Waals surface area (Å²) in [4.78, 5) is 19.3.